The fourth-order valence-corrected chi connectivity index (χ4v) is 4.07. The Morgan fingerprint density at radius 3 is 1.77 bits per heavy atom. The molecule has 0 saturated carbocycles. The Balaban J connectivity index is 2.66. The molecule has 0 amide bonds. The zero-order chi connectivity index (χ0) is 22.5. The van der Waals surface area contributed by atoms with E-state index in [-0.39, 0.29) is 16.2 Å². The average Bonchev–Trinajstić information content (AvgIpc) is 2.73. The van der Waals surface area contributed by atoms with E-state index >= 15 is 0 Å². The molecule has 2 rings (SSSR count). The van der Waals surface area contributed by atoms with Gasteiger partial charge in [-0.15, -0.1) is 0 Å². The van der Waals surface area contributed by atoms with E-state index in [4.69, 9.17) is 9.57 Å². The van der Waals surface area contributed by atoms with E-state index < -0.39 is 5.79 Å². The molecular weight excluding hydrogens is 370 g/mol. The number of rotatable bonds is 11. The van der Waals surface area contributed by atoms with Gasteiger partial charge in [0.25, 0.3) is 0 Å². The van der Waals surface area contributed by atoms with Gasteiger partial charge in [-0.05, 0) is 28.5 Å². The Bertz CT molecular complexity index is 724. The lowest BCUT2D eigenvalue weighted by Crippen LogP contribution is -2.64. The summed E-state index contributed by atoms with van der Waals surface area (Å²) in [5, 5.41) is 0. The molecule has 1 N–H and O–H groups in total. The number of hydroxylamine groups is 1. The molecule has 0 aliphatic heterocycles. The number of benzene rings is 2. The Labute approximate surface area is 184 Å². The van der Waals surface area contributed by atoms with Gasteiger partial charge in [0.1, 0.15) is 5.75 Å². The fourth-order valence-electron chi connectivity index (χ4n) is 4.07. The largest absolute Gasteiger partial charge is 0.460 e. The smallest absolute Gasteiger partial charge is 0.237 e. The van der Waals surface area contributed by atoms with E-state index in [1.807, 2.05) is 43.3 Å². The first-order valence-electron chi connectivity index (χ1n) is 11.2. The Morgan fingerprint density at radius 2 is 1.27 bits per heavy atom. The third-order valence-electron chi connectivity index (χ3n) is 7.78. The molecule has 0 aliphatic carbocycles. The van der Waals surface area contributed by atoms with Gasteiger partial charge in [-0.25, -0.2) is 0 Å². The summed E-state index contributed by atoms with van der Waals surface area (Å²) in [4.78, 5) is 6.51. The Kier molecular flexibility index (Phi) is 7.76. The molecule has 0 aromatic heterocycles. The van der Waals surface area contributed by atoms with E-state index in [0.29, 0.717) is 13.0 Å². The molecule has 0 saturated heterocycles. The van der Waals surface area contributed by atoms with E-state index in [9.17, 15) is 0 Å². The number of ether oxygens (including phenoxy) is 1. The van der Waals surface area contributed by atoms with Crippen LogP contribution in [-0.4, -0.2) is 12.3 Å². The minimum atomic E-state index is -0.915. The summed E-state index contributed by atoms with van der Waals surface area (Å²) in [5.74, 6) is -0.105. The first-order chi connectivity index (χ1) is 14.0. The standard InChI is InChI=1S/C27H41NO2/c1-9-24(3,4)25(5,6)26(7,8)27(30-28-10-2,21-22-17-13-11-14-18-22)29-23-19-15-12-16-20-23/h11-20,28H,9-10,21H2,1-8H3. The van der Waals surface area contributed by atoms with Crippen LogP contribution in [0.3, 0.4) is 0 Å². The number of hydrogen-bond acceptors (Lipinski definition) is 3. The summed E-state index contributed by atoms with van der Waals surface area (Å²) < 4.78 is 6.81. The number of hydrogen-bond donors (Lipinski definition) is 1. The number of para-hydroxylation sites is 1. The predicted octanol–water partition coefficient (Wildman–Crippen LogP) is 7.03. The SMILES string of the molecule is CCNOC(Cc1ccccc1)(Oc1ccccc1)C(C)(C)C(C)(C)C(C)(C)CC. The second-order valence-electron chi connectivity index (χ2n) is 9.92. The van der Waals surface area contributed by atoms with Crippen LogP contribution in [0.2, 0.25) is 0 Å². The zero-order valence-corrected chi connectivity index (χ0v) is 20.2. The van der Waals surface area contributed by atoms with Gasteiger partial charge in [0, 0.05) is 18.4 Å². The molecule has 3 nitrogen and oxygen atoms in total. The molecule has 1 unspecified atom stereocenters. The van der Waals surface area contributed by atoms with Crippen molar-refractivity contribution in [2.24, 2.45) is 16.2 Å². The maximum absolute atomic E-state index is 6.81. The van der Waals surface area contributed by atoms with Gasteiger partial charge in [0.2, 0.25) is 5.79 Å². The van der Waals surface area contributed by atoms with Crippen molar-refractivity contribution in [2.75, 3.05) is 6.54 Å². The molecule has 1 atom stereocenters. The quantitative estimate of drug-likeness (QED) is 0.318. The lowest BCUT2D eigenvalue weighted by Gasteiger charge is -2.58. The van der Waals surface area contributed by atoms with Crippen LogP contribution in [0.15, 0.2) is 60.7 Å². The van der Waals surface area contributed by atoms with Gasteiger partial charge in [0.05, 0.1) is 0 Å². The molecule has 0 radical (unpaired) electrons. The highest BCUT2D eigenvalue weighted by Crippen LogP contribution is 2.59. The minimum Gasteiger partial charge on any atom is -0.460 e. The molecule has 0 fully saturated rings. The summed E-state index contributed by atoms with van der Waals surface area (Å²) in [5.41, 5.74) is 3.96. The summed E-state index contributed by atoms with van der Waals surface area (Å²) in [6.07, 6.45) is 1.70. The fraction of sp³-hybridized carbons (Fsp3) is 0.556. The maximum Gasteiger partial charge on any atom is 0.237 e. The molecule has 0 aliphatic rings. The summed E-state index contributed by atoms with van der Waals surface area (Å²) in [6, 6.07) is 20.5. The first kappa shape index (κ1) is 24.4. The van der Waals surface area contributed by atoms with Crippen LogP contribution in [0.4, 0.5) is 0 Å². The molecule has 3 heteroatoms. The van der Waals surface area contributed by atoms with Gasteiger partial charge in [0.15, 0.2) is 0 Å². The van der Waals surface area contributed by atoms with Crippen LogP contribution < -0.4 is 10.2 Å². The monoisotopic (exact) mass is 411 g/mol. The second-order valence-corrected chi connectivity index (χ2v) is 9.92. The van der Waals surface area contributed by atoms with Crippen LogP contribution in [0, 0.1) is 16.2 Å². The first-order valence-corrected chi connectivity index (χ1v) is 11.2. The van der Waals surface area contributed by atoms with Crippen molar-refractivity contribution in [3.05, 3.63) is 66.2 Å². The van der Waals surface area contributed by atoms with Gasteiger partial charge >= 0.3 is 0 Å². The Hall–Kier alpha value is -1.84. The highest BCUT2D eigenvalue weighted by Gasteiger charge is 2.61. The van der Waals surface area contributed by atoms with Crippen LogP contribution in [0.5, 0.6) is 5.75 Å². The van der Waals surface area contributed by atoms with E-state index in [0.717, 1.165) is 12.2 Å². The van der Waals surface area contributed by atoms with Crippen LogP contribution in [0.1, 0.15) is 67.4 Å². The van der Waals surface area contributed by atoms with E-state index in [2.05, 4.69) is 78.2 Å². The topological polar surface area (TPSA) is 30.5 Å². The van der Waals surface area contributed by atoms with Crippen molar-refractivity contribution in [1.29, 1.82) is 0 Å². The van der Waals surface area contributed by atoms with Crippen LogP contribution in [0.25, 0.3) is 0 Å². The second kappa shape index (κ2) is 9.53. The summed E-state index contributed by atoms with van der Waals surface area (Å²) in [7, 11) is 0. The molecule has 166 valence electrons. The van der Waals surface area contributed by atoms with E-state index in [1.165, 1.54) is 5.56 Å². The molecular formula is C27H41NO2. The van der Waals surface area contributed by atoms with Gasteiger partial charge in [-0.2, -0.15) is 5.48 Å². The average molecular weight is 412 g/mol. The van der Waals surface area contributed by atoms with Crippen LogP contribution >= 0.6 is 0 Å². The van der Waals surface area contributed by atoms with Crippen molar-refractivity contribution in [1.82, 2.24) is 5.48 Å². The maximum atomic E-state index is 6.81. The summed E-state index contributed by atoms with van der Waals surface area (Å²) >= 11 is 0. The molecule has 30 heavy (non-hydrogen) atoms. The molecule has 0 heterocycles. The lowest BCUT2D eigenvalue weighted by atomic mass is 9.51. The third kappa shape index (κ3) is 4.73. The van der Waals surface area contributed by atoms with Gasteiger partial charge < -0.3 is 4.74 Å². The Morgan fingerprint density at radius 1 is 0.733 bits per heavy atom. The molecule has 0 spiro atoms. The molecule has 0 bridgehead atoms. The highest BCUT2D eigenvalue weighted by molar-refractivity contribution is 5.25. The van der Waals surface area contributed by atoms with Crippen molar-refractivity contribution >= 4 is 0 Å². The van der Waals surface area contributed by atoms with E-state index in [1.54, 1.807) is 0 Å². The lowest BCUT2D eigenvalue weighted by molar-refractivity contribution is -0.311. The third-order valence-corrected chi connectivity index (χ3v) is 7.78. The van der Waals surface area contributed by atoms with Crippen molar-refractivity contribution in [2.45, 2.75) is 74.0 Å². The number of nitrogens with one attached hydrogen (secondary N) is 1. The summed E-state index contributed by atoms with van der Waals surface area (Å²) in [6.45, 7) is 19.0. The van der Waals surface area contributed by atoms with Crippen molar-refractivity contribution in [3.8, 4) is 5.75 Å². The van der Waals surface area contributed by atoms with Crippen LogP contribution in [-0.2, 0) is 11.3 Å². The van der Waals surface area contributed by atoms with Gasteiger partial charge in [-0.3, -0.25) is 4.84 Å². The predicted molar refractivity (Wildman–Crippen MR) is 126 cm³/mol. The van der Waals surface area contributed by atoms with Crippen molar-refractivity contribution < 1.29 is 9.57 Å². The van der Waals surface area contributed by atoms with Crippen molar-refractivity contribution in [3.63, 3.8) is 0 Å². The molecule has 2 aromatic rings. The minimum absolute atomic E-state index is 0.0774. The molecule has 2 aromatic carbocycles. The highest BCUT2D eigenvalue weighted by atomic mass is 16.8. The zero-order valence-electron chi connectivity index (χ0n) is 20.2. The van der Waals surface area contributed by atoms with Gasteiger partial charge in [-0.1, -0.05) is 110 Å². The normalized spacial score (nSPS) is 14.9.